The van der Waals surface area contributed by atoms with Crippen LogP contribution in [0.5, 0.6) is 0 Å². The van der Waals surface area contributed by atoms with Crippen molar-refractivity contribution >= 4 is 17.7 Å². The highest BCUT2D eigenvalue weighted by atomic mass is 35.5. The number of likely N-dealkylation sites (tertiary alicyclic amines) is 1. The summed E-state index contributed by atoms with van der Waals surface area (Å²) in [4.78, 5) is 18.1. The lowest BCUT2D eigenvalue weighted by Gasteiger charge is -2.38. The second-order valence-corrected chi connectivity index (χ2v) is 8.50. The molecule has 2 rings (SSSR count). The molecule has 0 unspecified atom stereocenters. The van der Waals surface area contributed by atoms with Gasteiger partial charge in [-0.05, 0) is 59.6 Å². The molecule has 1 aliphatic heterocycles. The molecule has 0 saturated carbocycles. The number of nitrogens with one attached hydrogen (secondary N) is 1. The molecule has 0 spiro atoms. The van der Waals surface area contributed by atoms with Crippen LogP contribution in [0.25, 0.3) is 0 Å². The Bertz CT molecular complexity index is 652. The monoisotopic (exact) mass is 427 g/mol. The molecule has 1 fully saturated rings. The molecule has 1 aliphatic rings. The van der Waals surface area contributed by atoms with Crippen molar-refractivity contribution in [1.29, 1.82) is 0 Å². The molecule has 0 aromatic carbocycles. The summed E-state index contributed by atoms with van der Waals surface area (Å²) < 4.78 is 17.6. The molecule has 164 valence electrons. The molecule has 1 N–H and O–H groups in total. The lowest BCUT2D eigenvalue weighted by atomic mass is 10.0. The first-order chi connectivity index (χ1) is 13.7. The van der Waals surface area contributed by atoms with Crippen LogP contribution >= 0.6 is 11.6 Å². The standard InChI is InChI=1S/C21H34ClN3O4/c1-6-27-21(28-7-2,16-8-11-23-18(22)14-16)15-24-17-9-12-25(13-10-17)19(26)29-20(3,4)5/h8,11,14,17,24H,6-7,9-10,12-13,15H2,1-5H3. The number of rotatable bonds is 8. The maximum atomic E-state index is 12.2. The molecule has 8 heteroatoms. The largest absolute Gasteiger partial charge is 0.444 e. The fraction of sp³-hybridized carbons (Fsp3) is 0.714. The van der Waals surface area contributed by atoms with Gasteiger partial charge in [0.15, 0.2) is 0 Å². The van der Waals surface area contributed by atoms with Gasteiger partial charge in [-0.2, -0.15) is 0 Å². The second kappa shape index (κ2) is 10.6. The highest BCUT2D eigenvalue weighted by Crippen LogP contribution is 2.29. The fourth-order valence-electron chi connectivity index (χ4n) is 3.39. The minimum absolute atomic E-state index is 0.250. The van der Waals surface area contributed by atoms with Crippen LogP contribution in [0.4, 0.5) is 4.79 Å². The van der Waals surface area contributed by atoms with Crippen molar-refractivity contribution in [3.05, 3.63) is 29.0 Å². The number of pyridine rings is 1. The summed E-state index contributed by atoms with van der Waals surface area (Å²) in [5.74, 6) is -0.932. The highest BCUT2D eigenvalue weighted by molar-refractivity contribution is 6.29. The third-order valence-electron chi connectivity index (χ3n) is 4.69. The van der Waals surface area contributed by atoms with Gasteiger partial charge in [0, 0.05) is 44.1 Å². The summed E-state index contributed by atoms with van der Waals surface area (Å²) in [7, 11) is 0. The fourth-order valence-corrected chi connectivity index (χ4v) is 3.56. The number of carbonyl (C=O) groups is 1. The van der Waals surface area contributed by atoms with Gasteiger partial charge in [-0.15, -0.1) is 0 Å². The van der Waals surface area contributed by atoms with Crippen LogP contribution in [0.3, 0.4) is 0 Å². The minimum Gasteiger partial charge on any atom is -0.444 e. The number of hydrogen-bond acceptors (Lipinski definition) is 6. The van der Waals surface area contributed by atoms with E-state index in [9.17, 15) is 4.79 Å². The summed E-state index contributed by atoms with van der Waals surface area (Å²) >= 11 is 6.10. The molecule has 7 nitrogen and oxygen atoms in total. The smallest absolute Gasteiger partial charge is 0.410 e. The van der Waals surface area contributed by atoms with Gasteiger partial charge in [0.25, 0.3) is 0 Å². The summed E-state index contributed by atoms with van der Waals surface area (Å²) in [6.45, 7) is 12.3. The molecule has 1 amide bonds. The van der Waals surface area contributed by atoms with E-state index in [1.165, 1.54) is 0 Å². The average molecular weight is 428 g/mol. The molecule has 2 heterocycles. The van der Waals surface area contributed by atoms with Crippen LogP contribution in [0.15, 0.2) is 18.3 Å². The van der Waals surface area contributed by atoms with Gasteiger partial charge in [-0.25, -0.2) is 9.78 Å². The number of ether oxygens (including phenoxy) is 3. The Kier molecular flexibility index (Phi) is 8.70. The van der Waals surface area contributed by atoms with E-state index in [0.717, 1.165) is 18.4 Å². The Morgan fingerprint density at radius 3 is 2.38 bits per heavy atom. The van der Waals surface area contributed by atoms with E-state index in [1.54, 1.807) is 17.2 Å². The van der Waals surface area contributed by atoms with Gasteiger partial charge >= 0.3 is 6.09 Å². The molecule has 1 aromatic heterocycles. The summed E-state index contributed by atoms with van der Waals surface area (Å²) in [6, 6.07) is 3.90. The van der Waals surface area contributed by atoms with Gasteiger partial charge in [0.1, 0.15) is 10.8 Å². The highest BCUT2D eigenvalue weighted by Gasteiger charge is 2.36. The molecule has 0 bridgehead atoms. The Labute approximate surface area is 179 Å². The van der Waals surface area contributed by atoms with Crippen molar-refractivity contribution in [3.63, 3.8) is 0 Å². The third-order valence-corrected chi connectivity index (χ3v) is 4.90. The van der Waals surface area contributed by atoms with Crippen molar-refractivity contribution in [3.8, 4) is 0 Å². The summed E-state index contributed by atoms with van der Waals surface area (Å²) in [5.41, 5.74) is 0.354. The Balaban J connectivity index is 1.99. The molecule has 1 aromatic rings. The Morgan fingerprint density at radius 2 is 1.86 bits per heavy atom. The van der Waals surface area contributed by atoms with Crippen molar-refractivity contribution in [2.45, 2.75) is 64.9 Å². The number of amides is 1. The molecule has 0 radical (unpaired) electrons. The number of hydrogen-bond donors (Lipinski definition) is 1. The zero-order valence-corrected chi connectivity index (χ0v) is 18.9. The Morgan fingerprint density at radius 1 is 1.24 bits per heavy atom. The lowest BCUT2D eigenvalue weighted by Crippen LogP contribution is -2.51. The quantitative estimate of drug-likeness (QED) is 0.500. The predicted octanol–water partition coefficient (Wildman–Crippen LogP) is 3.95. The predicted molar refractivity (Wildman–Crippen MR) is 113 cm³/mol. The van der Waals surface area contributed by atoms with Crippen LogP contribution in [-0.4, -0.2) is 60.5 Å². The van der Waals surface area contributed by atoms with E-state index in [0.29, 0.717) is 38.0 Å². The van der Waals surface area contributed by atoms with Gasteiger partial charge in [0.2, 0.25) is 5.79 Å². The number of aromatic nitrogens is 1. The lowest BCUT2D eigenvalue weighted by molar-refractivity contribution is -0.240. The van der Waals surface area contributed by atoms with Crippen LogP contribution in [-0.2, 0) is 20.0 Å². The molecule has 0 aliphatic carbocycles. The first-order valence-electron chi connectivity index (χ1n) is 10.3. The molecule has 0 atom stereocenters. The second-order valence-electron chi connectivity index (χ2n) is 8.11. The topological polar surface area (TPSA) is 72.9 Å². The van der Waals surface area contributed by atoms with E-state index in [4.69, 9.17) is 25.8 Å². The molecular formula is C21H34ClN3O4. The van der Waals surface area contributed by atoms with Gasteiger partial charge in [0.05, 0.1) is 6.54 Å². The number of piperidine rings is 1. The van der Waals surface area contributed by atoms with E-state index in [2.05, 4.69) is 10.3 Å². The minimum atomic E-state index is -0.932. The van der Waals surface area contributed by atoms with E-state index >= 15 is 0 Å². The number of nitrogens with zero attached hydrogens (tertiary/aromatic N) is 2. The molecular weight excluding hydrogens is 394 g/mol. The van der Waals surface area contributed by atoms with Crippen molar-refractivity contribution in [2.24, 2.45) is 0 Å². The zero-order valence-electron chi connectivity index (χ0n) is 18.2. The van der Waals surface area contributed by atoms with Crippen molar-refractivity contribution < 1.29 is 19.0 Å². The van der Waals surface area contributed by atoms with Crippen LogP contribution in [0.1, 0.15) is 53.0 Å². The molecule has 29 heavy (non-hydrogen) atoms. The first kappa shape index (κ1) is 23.9. The number of carbonyl (C=O) groups excluding carboxylic acids is 1. The molecule has 1 saturated heterocycles. The van der Waals surface area contributed by atoms with Crippen LogP contribution in [0.2, 0.25) is 5.15 Å². The van der Waals surface area contributed by atoms with Crippen molar-refractivity contribution in [2.75, 3.05) is 32.8 Å². The van der Waals surface area contributed by atoms with Gasteiger partial charge in [-0.3, -0.25) is 0 Å². The first-order valence-corrected chi connectivity index (χ1v) is 10.7. The zero-order chi connectivity index (χ0) is 21.5. The maximum absolute atomic E-state index is 12.2. The third kappa shape index (κ3) is 7.10. The van der Waals surface area contributed by atoms with Crippen LogP contribution < -0.4 is 5.32 Å². The van der Waals surface area contributed by atoms with E-state index in [-0.39, 0.29) is 12.1 Å². The maximum Gasteiger partial charge on any atom is 0.410 e. The SMILES string of the molecule is CCOC(CNC1CCN(C(=O)OC(C)(C)C)CC1)(OCC)c1ccnc(Cl)c1. The van der Waals surface area contributed by atoms with E-state index in [1.807, 2.05) is 40.7 Å². The summed E-state index contributed by atoms with van der Waals surface area (Å²) in [6.07, 6.45) is 3.08. The van der Waals surface area contributed by atoms with Gasteiger partial charge in [-0.1, -0.05) is 11.6 Å². The summed E-state index contributed by atoms with van der Waals surface area (Å²) in [5, 5.41) is 3.97. The van der Waals surface area contributed by atoms with Gasteiger partial charge < -0.3 is 24.4 Å². The average Bonchev–Trinajstić information content (AvgIpc) is 2.65. The van der Waals surface area contributed by atoms with Crippen molar-refractivity contribution in [1.82, 2.24) is 15.2 Å². The Hall–Kier alpha value is -1.41. The van der Waals surface area contributed by atoms with E-state index < -0.39 is 11.4 Å². The van der Waals surface area contributed by atoms with Crippen LogP contribution in [0, 0.1) is 0 Å². The number of halogens is 1. The normalized spacial score (nSPS) is 16.1.